The van der Waals surface area contributed by atoms with Crippen LogP contribution < -0.4 is 4.90 Å². The highest BCUT2D eigenvalue weighted by Crippen LogP contribution is 2.34. The van der Waals surface area contributed by atoms with Crippen LogP contribution in [0, 0.1) is 0 Å². The number of hydrogen-bond donors (Lipinski definition) is 0. The van der Waals surface area contributed by atoms with Crippen LogP contribution in [0.15, 0.2) is 48.5 Å². The molecule has 0 spiro atoms. The van der Waals surface area contributed by atoms with Crippen LogP contribution >= 0.6 is 11.6 Å². The van der Waals surface area contributed by atoms with Gasteiger partial charge in [-0.1, -0.05) is 35.9 Å². The zero-order valence-corrected chi connectivity index (χ0v) is 15.2. The summed E-state index contributed by atoms with van der Waals surface area (Å²) < 4.78 is 0. The minimum absolute atomic E-state index is 0.0562. The molecule has 0 saturated heterocycles. The molecule has 0 N–H and O–H groups in total. The third kappa shape index (κ3) is 4.04. The minimum atomic E-state index is -0.557. The predicted octanol–water partition coefficient (Wildman–Crippen LogP) is 4.76. The zero-order chi connectivity index (χ0) is 17.9. The molecule has 0 aliphatic carbocycles. The Hall–Kier alpha value is -2.13. The van der Waals surface area contributed by atoms with E-state index in [-0.39, 0.29) is 11.7 Å². The van der Waals surface area contributed by atoms with Gasteiger partial charge in [0.1, 0.15) is 5.78 Å². The lowest BCUT2D eigenvalue weighted by molar-refractivity contribution is -0.118. The first-order chi connectivity index (χ1) is 11.2. The fourth-order valence-corrected chi connectivity index (χ4v) is 3.14. The molecule has 0 atom stereocenters. The van der Waals surface area contributed by atoms with Crippen LogP contribution in [0.2, 0.25) is 5.02 Å². The van der Waals surface area contributed by atoms with Crippen molar-refractivity contribution in [2.24, 2.45) is 0 Å². The van der Waals surface area contributed by atoms with E-state index in [0.29, 0.717) is 11.4 Å². The fraction of sp³-hybridized carbons (Fsp3) is 0.300. The molecule has 126 valence electrons. The molecule has 0 radical (unpaired) electrons. The number of amides is 1. The number of halogens is 1. The highest BCUT2D eigenvalue weighted by atomic mass is 35.5. The van der Waals surface area contributed by atoms with Crippen LogP contribution in [0.4, 0.5) is 5.69 Å². The normalized spacial score (nSPS) is 11.2. The van der Waals surface area contributed by atoms with Gasteiger partial charge in [-0.2, -0.15) is 0 Å². The Morgan fingerprint density at radius 1 is 1.04 bits per heavy atom. The molecule has 0 unspecified atom stereocenters. The molecule has 24 heavy (non-hydrogen) atoms. The van der Waals surface area contributed by atoms with Crippen LogP contribution in [0.25, 0.3) is 0 Å². The smallest absolute Gasteiger partial charge is 0.224 e. The fourth-order valence-electron chi connectivity index (χ4n) is 2.95. The SMILES string of the molecule is CC(=O)Cc1ccc(N(C(C)=O)C(C)(C)c2cccc(Cl)c2)cc1. The topological polar surface area (TPSA) is 37.4 Å². The van der Waals surface area contributed by atoms with Crippen molar-refractivity contribution in [3.05, 3.63) is 64.7 Å². The van der Waals surface area contributed by atoms with E-state index in [0.717, 1.165) is 16.8 Å². The molecule has 2 aromatic rings. The lowest BCUT2D eigenvalue weighted by Crippen LogP contribution is -2.44. The molecule has 3 nitrogen and oxygen atoms in total. The van der Waals surface area contributed by atoms with Gasteiger partial charge in [-0.25, -0.2) is 0 Å². The van der Waals surface area contributed by atoms with E-state index in [4.69, 9.17) is 11.6 Å². The van der Waals surface area contributed by atoms with Crippen LogP contribution in [0.3, 0.4) is 0 Å². The molecule has 2 aromatic carbocycles. The highest BCUT2D eigenvalue weighted by Gasteiger charge is 2.32. The summed E-state index contributed by atoms with van der Waals surface area (Å²) in [5.41, 5.74) is 2.13. The third-order valence-electron chi connectivity index (χ3n) is 4.05. The van der Waals surface area contributed by atoms with Crippen LogP contribution in [0.5, 0.6) is 0 Å². The lowest BCUT2D eigenvalue weighted by Gasteiger charge is -2.38. The molecule has 4 heteroatoms. The second kappa shape index (κ2) is 7.18. The van der Waals surface area contributed by atoms with Crippen molar-refractivity contribution >= 4 is 29.0 Å². The van der Waals surface area contributed by atoms with Crippen molar-refractivity contribution in [1.29, 1.82) is 0 Å². The van der Waals surface area contributed by atoms with Gasteiger partial charge in [-0.3, -0.25) is 9.59 Å². The lowest BCUT2D eigenvalue weighted by atomic mass is 9.91. The first-order valence-electron chi connectivity index (χ1n) is 7.87. The Labute approximate surface area is 148 Å². The average Bonchev–Trinajstić information content (AvgIpc) is 2.48. The number of Topliss-reactive ketones (excluding diaryl/α,β-unsaturated/α-hetero) is 1. The molecular weight excluding hydrogens is 322 g/mol. The first kappa shape index (κ1) is 18.2. The van der Waals surface area contributed by atoms with Gasteiger partial charge in [0.2, 0.25) is 5.91 Å². The summed E-state index contributed by atoms with van der Waals surface area (Å²) in [4.78, 5) is 25.3. The van der Waals surface area contributed by atoms with Gasteiger partial charge in [-0.15, -0.1) is 0 Å². The Morgan fingerprint density at radius 2 is 1.67 bits per heavy atom. The van der Waals surface area contributed by atoms with Gasteiger partial charge < -0.3 is 4.90 Å². The number of ketones is 1. The van der Waals surface area contributed by atoms with Crippen molar-refractivity contribution in [2.45, 2.75) is 39.7 Å². The Morgan fingerprint density at radius 3 is 2.17 bits per heavy atom. The maximum Gasteiger partial charge on any atom is 0.224 e. The standard InChI is InChI=1S/C20H22ClNO2/c1-14(23)12-16-8-10-19(11-9-16)22(15(2)24)20(3,4)17-6-5-7-18(21)13-17/h5-11,13H,12H2,1-4H3. The van der Waals surface area contributed by atoms with Crippen LogP contribution in [0.1, 0.15) is 38.8 Å². The Kier molecular flexibility index (Phi) is 5.45. The number of anilines is 1. The molecule has 0 saturated carbocycles. The quantitative estimate of drug-likeness (QED) is 0.784. The Balaban J connectivity index is 2.42. The van der Waals surface area contributed by atoms with Gasteiger partial charge in [0, 0.05) is 24.1 Å². The zero-order valence-electron chi connectivity index (χ0n) is 14.5. The largest absolute Gasteiger partial charge is 0.303 e. The maximum atomic E-state index is 12.4. The molecule has 0 aromatic heterocycles. The molecule has 0 aliphatic rings. The van der Waals surface area contributed by atoms with Gasteiger partial charge in [0.15, 0.2) is 0 Å². The van der Waals surface area contributed by atoms with Crippen molar-refractivity contribution in [2.75, 3.05) is 4.90 Å². The summed E-state index contributed by atoms with van der Waals surface area (Å²) in [7, 11) is 0. The minimum Gasteiger partial charge on any atom is -0.303 e. The van der Waals surface area contributed by atoms with Crippen molar-refractivity contribution in [1.82, 2.24) is 0 Å². The number of benzene rings is 2. The second-order valence-electron chi connectivity index (χ2n) is 6.47. The highest BCUT2D eigenvalue weighted by molar-refractivity contribution is 6.30. The van der Waals surface area contributed by atoms with Gasteiger partial charge >= 0.3 is 0 Å². The van der Waals surface area contributed by atoms with E-state index in [1.807, 2.05) is 62.4 Å². The Bertz CT molecular complexity index is 750. The van der Waals surface area contributed by atoms with E-state index in [1.54, 1.807) is 18.7 Å². The summed E-state index contributed by atoms with van der Waals surface area (Å²) in [6.45, 7) is 7.10. The first-order valence-corrected chi connectivity index (χ1v) is 8.25. The maximum absolute atomic E-state index is 12.4. The average molecular weight is 344 g/mol. The van der Waals surface area contributed by atoms with Gasteiger partial charge in [0.05, 0.1) is 5.54 Å². The van der Waals surface area contributed by atoms with Crippen LogP contribution in [-0.4, -0.2) is 11.7 Å². The molecule has 2 rings (SSSR count). The summed E-state index contributed by atoms with van der Waals surface area (Å²) in [6, 6.07) is 15.1. The molecular formula is C20H22ClNO2. The van der Waals surface area contributed by atoms with E-state index < -0.39 is 5.54 Å². The van der Waals surface area contributed by atoms with Crippen molar-refractivity contribution < 1.29 is 9.59 Å². The molecule has 0 bridgehead atoms. The summed E-state index contributed by atoms with van der Waals surface area (Å²) in [5.74, 6) is 0.0599. The molecule has 0 fully saturated rings. The number of hydrogen-bond acceptors (Lipinski definition) is 2. The number of nitrogens with zero attached hydrogens (tertiary/aromatic N) is 1. The summed E-state index contributed by atoms with van der Waals surface area (Å²) in [5, 5.41) is 0.640. The van der Waals surface area contributed by atoms with E-state index in [9.17, 15) is 9.59 Å². The molecule has 0 heterocycles. The molecule has 0 aliphatic heterocycles. The number of rotatable bonds is 5. The van der Waals surface area contributed by atoms with Crippen molar-refractivity contribution in [3.63, 3.8) is 0 Å². The second-order valence-corrected chi connectivity index (χ2v) is 6.91. The summed E-state index contributed by atoms with van der Waals surface area (Å²) in [6.07, 6.45) is 0.401. The summed E-state index contributed by atoms with van der Waals surface area (Å²) >= 11 is 6.12. The van der Waals surface area contributed by atoms with E-state index >= 15 is 0 Å². The molecule has 1 amide bonds. The van der Waals surface area contributed by atoms with Gasteiger partial charge in [0.25, 0.3) is 0 Å². The number of carbonyl (C=O) groups is 2. The van der Waals surface area contributed by atoms with Crippen molar-refractivity contribution in [3.8, 4) is 0 Å². The predicted molar refractivity (Wildman–Crippen MR) is 98.5 cm³/mol. The van der Waals surface area contributed by atoms with E-state index in [1.165, 1.54) is 0 Å². The monoisotopic (exact) mass is 343 g/mol. The number of carbonyl (C=O) groups excluding carboxylic acids is 2. The third-order valence-corrected chi connectivity index (χ3v) is 4.29. The van der Waals surface area contributed by atoms with Gasteiger partial charge in [-0.05, 0) is 56.2 Å². The van der Waals surface area contributed by atoms with Crippen LogP contribution in [-0.2, 0) is 21.5 Å². The van der Waals surface area contributed by atoms with E-state index in [2.05, 4.69) is 0 Å².